The normalized spacial score (nSPS) is 28.1. The topological polar surface area (TPSA) is 0 Å². The molecule has 0 bridgehead atoms. The number of unbranched alkanes of at least 4 members (excludes halogenated alkanes) is 3. The van der Waals surface area contributed by atoms with Crippen molar-refractivity contribution < 1.29 is 13.2 Å². The molecule has 0 aliphatic carbocycles. The molecule has 0 nitrogen and oxygen atoms in total. The van der Waals surface area contributed by atoms with E-state index in [1.54, 1.807) is 18.1 Å². The van der Waals surface area contributed by atoms with Gasteiger partial charge in [-0.25, -0.2) is 13.2 Å². The molecular formula is C25H41F3Si2. The Bertz CT molecular complexity index is 612. The summed E-state index contributed by atoms with van der Waals surface area (Å²) in [5.41, 5.74) is 1.02. The van der Waals surface area contributed by atoms with Crippen molar-refractivity contribution in [1.29, 1.82) is 0 Å². The van der Waals surface area contributed by atoms with Crippen LogP contribution in [-0.2, 0) is 0 Å². The number of hydrogen-bond donors (Lipinski definition) is 0. The van der Waals surface area contributed by atoms with Crippen LogP contribution in [0.25, 0.3) is 0 Å². The van der Waals surface area contributed by atoms with Crippen molar-refractivity contribution in [3.63, 3.8) is 0 Å². The number of halogens is 3. The van der Waals surface area contributed by atoms with E-state index < -0.39 is 17.5 Å². The van der Waals surface area contributed by atoms with Gasteiger partial charge in [-0.1, -0.05) is 95.3 Å². The van der Waals surface area contributed by atoms with E-state index in [2.05, 4.69) is 6.92 Å². The summed E-state index contributed by atoms with van der Waals surface area (Å²) in [6.45, 7) is 2.31. The van der Waals surface area contributed by atoms with Crippen molar-refractivity contribution in [2.24, 2.45) is 11.8 Å². The second-order valence-electron chi connectivity index (χ2n) is 10.2. The Morgan fingerprint density at radius 3 is 2.13 bits per heavy atom. The Hall–Kier alpha value is -0.556. The molecule has 0 aromatic heterocycles. The Balaban J connectivity index is 1.27. The standard InChI is InChI=1S/C25H41F3Si2/c1-2-3-6-13-30-14-11-19(12-15-30)7-4-5-8-20-9-10-24(29-18-20)21-16-22(26)25(28)23(27)17-21/h16-17,19-20,24,30H,2-15,18,29H2,1H3. The van der Waals surface area contributed by atoms with Crippen LogP contribution in [0.2, 0.25) is 24.2 Å². The van der Waals surface area contributed by atoms with Crippen LogP contribution in [0.4, 0.5) is 13.2 Å². The molecule has 2 heterocycles. The molecular weight excluding hydrogens is 413 g/mol. The Kier molecular flexibility index (Phi) is 10.0. The third-order valence-electron chi connectivity index (χ3n) is 7.98. The van der Waals surface area contributed by atoms with Crippen LogP contribution >= 0.6 is 0 Å². The maximum Gasteiger partial charge on any atom is 0.194 e. The van der Waals surface area contributed by atoms with E-state index in [0.29, 0.717) is 11.1 Å². The van der Waals surface area contributed by atoms with Gasteiger partial charge in [0.05, 0.1) is 0 Å². The highest BCUT2D eigenvalue weighted by atomic mass is 28.3. The zero-order chi connectivity index (χ0) is 21.3. The van der Waals surface area contributed by atoms with Crippen molar-refractivity contribution in [2.45, 2.75) is 107 Å². The fraction of sp³-hybridized carbons (Fsp3) is 0.760. The molecule has 0 amide bonds. The number of benzene rings is 1. The SMILES string of the molecule is CCCCC[SiH]1CCC(CCCCC2CCC(c3cc(F)c(F)c(F)c3)[SiH2]C2)CC1. The lowest BCUT2D eigenvalue weighted by molar-refractivity contribution is 0.383. The molecule has 2 fully saturated rings. The smallest absolute Gasteiger partial charge is 0.194 e. The van der Waals surface area contributed by atoms with Gasteiger partial charge in [0.15, 0.2) is 17.5 Å². The maximum atomic E-state index is 13.5. The van der Waals surface area contributed by atoms with Crippen molar-refractivity contribution >= 4 is 18.3 Å². The van der Waals surface area contributed by atoms with Gasteiger partial charge in [0.25, 0.3) is 0 Å². The first-order valence-corrected chi connectivity index (χ1v) is 17.0. The lowest BCUT2D eigenvalue weighted by Crippen LogP contribution is -2.21. The minimum absolute atomic E-state index is 0.322. The first kappa shape index (κ1) is 24.1. The molecule has 1 aromatic rings. The van der Waals surface area contributed by atoms with Crippen LogP contribution < -0.4 is 0 Å². The maximum absolute atomic E-state index is 13.5. The monoisotopic (exact) mass is 454 g/mol. The predicted molar refractivity (Wildman–Crippen MR) is 127 cm³/mol. The van der Waals surface area contributed by atoms with Gasteiger partial charge in [-0.2, -0.15) is 0 Å². The summed E-state index contributed by atoms with van der Waals surface area (Å²) in [5, 5.41) is 0. The van der Waals surface area contributed by atoms with Crippen molar-refractivity contribution in [3.05, 3.63) is 35.1 Å². The molecule has 2 aliphatic heterocycles. The first-order chi connectivity index (χ1) is 14.6. The van der Waals surface area contributed by atoms with E-state index >= 15 is 0 Å². The van der Waals surface area contributed by atoms with Crippen molar-refractivity contribution in [1.82, 2.24) is 0 Å². The summed E-state index contributed by atoms with van der Waals surface area (Å²) >= 11 is 0. The third kappa shape index (κ3) is 7.25. The van der Waals surface area contributed by atoms with Gasteiger partial charge in [-0.15, -0.1) is 0 Å². The molecule has 5 heteroatoms. The Morgan fingerprint density at radius 2 is 1.53 bits per heavy atom. The van der Waals surface area contributed by atoms with E-state index in [4.69, 9.17) is 0 Å². The second-order valence-corrected chi connectivity index (χ2v) is 15.8. The minimum atomic E-state index is -1.33. The quantitative estimate of drug-likeness (QED) is 0.195. The predicted octanol–water partition coefficient (Wildman–Crippen LogP) is 7.53. The van der Waals surface area contributed by atoms with E-state index in [9.17, 15) is 13.2 Å². The van der Waals surface area contributed by atoms with Crippen molar-refractivity contribution in [2.75, 3.05) is 0 Å². The third-order valence-corrected chi connectivity index (χ3v) is 14.2. The van der Waals surface area contributed by atoms with Gasteiger partial charge in [0.1, 0.15) is 0 Å². The molecule has 0 spiro atoms. The summed E-state index contributed by atoms with van der Waals surface area (Å²) in [4.78, 5) is 0. The largest absolute Gasteiger partial charge is 0.204 e. The van der Waals surface area contributed by atoms with Gasteiger partial charge >= 0.3 is 0 Å². The number of rotatable bonds is 10. The molecule has 170 valence electrons. The highest BCUT2D eigenvalue weighted by Crippen LogP contribution is 2.36. The lowest BCUT2D eigenvalue weighted by atomic mass is 9.91. The van der Waals surface area contributed by atoms with Crippen LogP contribution in [0.1, 0.15) is 88.7 Å². The zero-order valence-corrected chi connectivity index (χ0v) is 21.5. The molecule has 2 aliphatic rings. The molecule has 2 atom stereocenters. The van der Waals surface area contributed by atoms with E-state index in [0.717, 1.165) is 18.3 Å². The van der Waals surface area contributed by atoms with Gasteiger partial charge in [0, 0.05) is 18.3 Å². The van der Waals surface area contributed by atoms with Crippen molar-refractivity contribution in [3.8, 4) is 0 Å². The molecule has 3 rings (SSSR count). The first-order valence-electron chi connectivity index (χ1n) is 12.7. The van der Waals surface area contributed by atoms with Gasteiger partial charge in [-0.3, -0.25) is 0 Å². The molecule has 0 N–H and O–H groups in total. The molecule has 2 unspecified atom stereocenters. The highest BCUT2D eigenvalue weighted by molar-refractivity contribution is 6.58. The van der Waals surface area contributed by atoms with Gasteiger partial charge < -0.3 is 0 Å². The van der Waals surface area contributed by atoms with Crippen LogP contribution in [-0.4, -0.2) is 18.3 Å². The summed E-state index contributed by atoms with van der Waals surface area (Å²) in [5.74, 6) is -1.56. The molecule has 2 saturated heterocycles. The summed E-state index contributed by atoms with van der Waals surface area (Å²) < 4.78 is 40.2. The fourth-order valence-electron chi connectivity index (χ4n) is 5.95. The molecule has 1 aromatic carbocycles. The average molecular weight is 455 g/mol. The highest BCUT2D eigenvalue weighted by Gasteiger charge is 2.25. The number of hydrogen-bond acceptors (Lipinski definition) is 0. The summed E-state index contributed by atoms with van der Waals surface area (Å²) in [6, 6.07) is 8.56. The van der Waals surface area contributed by atoms with Crippen LogP contribution in [0.5, 0.6) is 0 Å². The van der Waals surface area contributed by atoms with E-state index in [1.165, 1.54) is 82.4 Å². The average Bonchev–Trinajstić information content (AvgIpc) is 2.76. The second kappa shape index (κ2) is 12.5. The molecule has 0 saturated carbocycles. The fourth-order valence-corrected chi connectivity index (χ4v) is 12.1. The summed E-state index contributed by atoms with van der Waals surface area (Å²) in [6.07, 6.45) is 15.1. The molecule has 30 heavy (non-hydrogen) atoms. The lowest BCUT2D eigenvalue weighted by Gasteiger charge is -2.29. The van der Waals surface area contributed by atoms with E-state index in [1.807, 2.05) is 0 Å². The Morgan fingerprint density at radius 1 is 0.867 bits per heavy atom. The van der Waals surface area contributed by atoms with E-state index in [-0.39, 0.29) is 18.3 Å². The minimum Gasteiger partial charge on any atom is -0.204 e. The van der Waals surface area contributed by atoms with Crippen LogP contribution in [0.3, 0.4) is 0 Å². The van der Waals surface area contributed by atoms with Gasteiger partial charge in [-0.05, 0) is 41.5 Å². The van der Waals surface area contributed by atoms with Crippen LogP contribution in [0, 0.1) is 29.3 Å². The molecule has 0 radical (unpaired) electrons. The summed E-state index contributed by atoms with van der Waals surface area (Å²) in [7, 11) is -0.752. The zero-order valence-electron chi connectivity index (χ0n) is 18.9. The van der Waals surface area contributed by atoms with Gasteiger partial charge in [0.2, 0.25) is 0 Å². The Labute approximate surface area is 185 Å². The van der Waals surface area contributed by atoms with Crippen LogP contribution in [0.15, 0.2) is 12.1 Å².